The molecule has 37 heavy (non-hydrogen) atoms. The molecule has 1 saturated carbocycles. The van der Waals surface area contributed by atoms with Gasteiger partial charge >= 0.3 is 0 Å². The van der Waals surface area contributed by atoms with Crippen molar-refractivity contribution in [2.24, 2.45) is 5.92 Å². The fraction of sp³-hybridized carbons (Fsp3) is 0.233. The Hall–Kier alpha value is -3.48. The number of hydrogen-bond donors (Lipinski definition) is 2. The van der Waals surface area contributed by atoms with E-state index in [1.807, 2.05) is 42.6 Å². The van der Waals surface area contributed by atoms with Gasteiger partial charge in [0.1, 0.15) is 0 Å². The lowest BCUT2D eigenvalue weighted by Gasteiger charge is -2.05. The van der Waals surface area contributed by atoms with Crippen molar-refractivity contribution < 1.29 is 9.59 Å². The van der Waals surface area contributed by atoms with Crippen LogP contribution in [-0.2, 0) is 11.2 Å². The van der Waals surface area contributed by atoms with E-state index in [4.69, 9.17) is 11.6 Å². The van der Waals surface area contributed by atoms with Crippen LogP contribution in [-0.4, -0.2) is 21.7 Å². The zero-order valence-corrected chi connectivity index (χ0v) is 21.8. The third kappa shape index (κ3) is 5.31. The van der Waals surface area contributed by atoms with E-state index in [1.54, 1.807) is 0 Å². The van der Waals surface area contributed by atoms with Crippen LogP contribution in [0.1, 0.15) is 48.0 Å². The van der Waals surface area contributed by atoms with Gasteiger partial charge in [0.05, 0.1) is 10.2 Å². The second-order valence-electron chi connectivity index (χ2n) is 9.69. The first-order chi connectivity index (χ1) is 18.0. The molecule has 0 spiro atoms. The van der Waals surface area contributed by atoms with Crippen molar-refractivity contribution in [3.8, 4) is 11.1 Å². The molecule has 1 aliphatic rings. The highest BCUT2D eigenvalue weighted by Gasteiger charge is 2.30. The van der Waals surface area contributed by atoms with Gasteiger partial charge in [0.2, 0.25) is 5.91 Å². The Kier molecular flexibility index (Phi) is 6.53. The smallest absolute Gasteiger partial charge is 0.229 e. The largest absolute Gasteiger partial charge is 0.360 e. The molecular weight excluding hydrogens is 502 g/mol. The summed E-state index contributed by atoms with van der Waals surface area (Å²) in [5.41, 5.74) is 5.86. The Morgan fingerprint density at radius 1 is 1.03 bits per heavy atom. The first-order valence-electron chi connectivity index (χ1n) is 12.6. The molecule has 1 amide bonds. The molecule has 0 atom stereocenters. The second-order valence-corrected chi connectivity index (χ2v) is 11.2. The number of ketones is 1. The van der Waals surface area contributed by atoms with Crippen molar-refractivity contribution in [2.45, 2.75) is 38.5 Å². The molecule has 2 N–H and O–H groups in total. The van der Waals surface area contributed by atoms with E-state index >= 15 is 0 Å². The van der Waals surface area contributed by atoms with Gasteiger partial charge in [-0.15, -0.1) is 0 Å². The molecule has 2 heterocycles. The van der Waals surface area contributed by atoms with Gasteiger partial charge in [-0.2, -0.15) is 0 Å². The first-order valence-corrected chi connectivity index (χ1v) is 13.8. The molecule has 1 aliphatic carbocycles. The number of benzene rings is 3. The molecular formula is C30H26ClN3O2S. The Morgan fingerprint density at radius 3 is 2.70 bits per heavy atom. The maximum atomic E-state index is 13.1. The Bertz CT molecular complexity index is 1630. The molecule has 5 aromatic rings. The number of thiazole rings is 1. The molecule has 0 saturated heterocycles. The van der Waals surface area contributed by atoms with E-state index in [1.165, 1.54) is 16.9 Å². The Morgan fingerprint density at radius 2 is 1.86 bits per heavy atom. The van der Waals surface area contributed by atoms with Gasteiger partial charge in [-0.1, -0.05) is 47.2 Å². The number of unbranched alkanes of at least 4 members (excludes halogenated alkanes) is 1. The second kappa shape index (κ2) is 10.1. The van der Waals surface area contributed by atoms with Crippen molar-refractivity contribution in [2.75, 3.05) is 5.32 Å². The summed E-state index contributed by atoms with van der Waals surface area (Å²) in [5, 5.41) is 5.29. The van der Waals surface area contributed by atoms with E-state index in [2.05, 4.69) is 39.6 Å². The van der Waals surface area contributed by atoms with Crippen molar-refractivity contribution in [1.82, 2.24) is 9.97 Å². The number of aryl methyl sites for hydroxylation is 1. The molecule has 2 aromatic heterocycles. The predicted molar refractivity (Wildman–Crippen MR) is 152 cm³/mol. The zero-order chi connectivity index (χ0) is 25.4. The SMILES string of the molecule is O=C(CCCCc1cccc(Cl)c1)c1c[nH]c2ccc(-c3ccc4nc(NC(=O)C5CC5)sc4c3)cc12. The van der Waals surface area contributed by atoms with Crippen molar-refractivity contribution >= 4 is 60.9 Å². The number of aromatic nitrogens is 2. The minimum absolute atomic E-state index is 0.0684. The number of halogens is 1. The number of H-pyrrole nitrogens is 1. The average molecular weight is 528 g/mol. The fourth-order valence-corrected chi connectivity index (χ4v) is 5.80. The molecule has 1 fully saturated rings. The summed E-state index contributed by atoms with van der Waals surface area (Å²) in [7, 11) is 0. The number of carbonyl (C=O) groups excluding carboxylic acids is 2. The summed E-state index contributed by atoms with van der Waals surface area (Å²) in [6, 6.07) is 20.2. The number of nitrogens with one attached hydrogen (secondary N) is 2. The lowest BCUT2D eigenvalue weighted by atomic mass is 9.99. The van der Waals surface area contributed by atoms with Crippen LogP contribution in [0.2, 0.25) is 5.02 Å². The molecule has 3 aromatic carbocycles. The highest BCUT2D eigenvalue weighted by molar-refractivity contribution is 7.22. The maximum absolute atomic E-state index is 13.1. The molecule has 186 valence electrons. The minimum atomic E-state index is 0.0684. The van der Waals surface area contributed by atoms with Gasteiger partial charge in [-0.25, -0.2) is 4.98 Å². The highest BCUT2D eigenvalue weighted by Crippen LogP contribution is 2.34. The van der Waals surface area contributed by atoms with Crippen LogP contribution in [0.15, 0.2) is 66.9 Å². The molecule has 0 aliphatic heterocycles. The Labute approximate surface area is 223 Å². The lowest BCUT2D eigenvalue weighted by molar-refractivity contribution is -0.117. The molecule has 0 unspecified atom stereocenters. The van der Waals surface area contributed by atoms with Gasteiger partial charge < -0.3 is 10.3 Å². The number of rotatable bonds is 9. The van der Waals surface area contributed by atoms with Crippen LogP contribution in [0.3, 0.4) is 0 Å². The van der Waals surface area contributed by atoms with Crippen LogP contribution < -0.4 is 5.32 Å². The van der Waals surface area contributed by atoms with Crippen LogP contribution in [0.25, 0.3) is 32.2 Å². The lowest BCUT2D eigenvalue weighted by Crippen LogP contribution is -2.12. The van der Waals surface area contributed by atoms with Crippen LogP contribution in [0.4, 0.5) is 5.13 Å². The number of amides is 1. The molecule has 6 rings (SSSR count). The summed E-state index contributed by atoms with van der Waals surface area (Å²) >= 11 is 7.57. The molecule has 0 bridgehead atoms. The van der Waals surface area contributed by atoms with Crippen molar-refractivity contribution in [3.63, 3.8) is 0 Å². The van der Waals surface area contributed by atoms with Gasteiger partial charge in [0.15, 0.2) is 10.9 Å². The van der Waals surface area contributed by atoms with E-state index < -0.39 is 0 Å². The van der Waals surface area contributed by atoms with E-state index in [0.717, 1.165) is 74.9 Å². The Balaban J connectivity index is 1.16. The molecule has 0 radical (unpaired) electrons. The van der Waals surface area contributed by atoms with Gasteiger partial charge in [0, 0.05) is 40.0 Å². The number of aromatic amines is 1. The number of anilines is 1. The average Bonchev–Trinajstić information content (AvgIpc) is 3.55. The van der Waals surface area contributed by atoms with Crippen LogP contribution in [0, 0.1) is 5.92 Å². The predicted octanol–water partition coefficient (Wildman–Crippen LogP) is 8.04. The monoisotopic (exact) mass is 527 g/mol. The molecule has 7 heteroatoms. The summed E-state index contributed by atoms with van der Waals surface area (Å²) < 4.78 is 1.02. The number of nitrogens with zero attached hydrogens (tertiary/aromatic N) is 1. The number of Topliss-reactive ketones (excluding diaryl/α,β-unsaturated/α-hetero) is 1. The topological polar surface area (TPSA) is 74.8 Å². The van der Waals surface area contributed by atoms with E-state index in [9.17, 15) is 9.59 Å². The summed E-state index contributed by atoms with van der Waals surface area (Å²) in [6.07, 6.45) is 6.97. The summed E-state index contributed by atoms with van der Waals surface area (Å²) in [6.45, 7) is 0. The highest BCUT2D eigenvalue weighted by atomic mass is 35.5. The zero-order valence-electron chi connectivity index (χ0n) is 20.2. The normalized spacial score (nSPS) is 13.3. The van der Waals surface area contributed by atoms with Gasteiger partial charge in [-0.05, 0) is 85.2 Å². The van der Waals surface area contributed by atoms with Crippen molar-refractivity contribution in [1.29, 1.82) is 0 Å². The number of hydrogen-bond acceptors (Lipinski definition) is 4. The van der Waals surface area contributed by atoms with E-state index in [0.29, 0.717) is 11.6 Å². The fourth-order valence-electron chi connectivity index (χ4n) is 4.68. The first kappa shape index (κ1) is 23.9. The number of carbonyl (C=O) groups is 2. The number of fused-ring (bicyclic) bond motifs is 2. The summed E-state index contributed by atoms with van der Waals surface area (Å²) in [4.78, 5) is 33.0. The van der Waals surface area contributed by atoms with Gasteiger partial charge in [-0.3, -0.25) is 9.59 Å². The summed E-state index contributed by atoms with van der Waals surface area (Å²) in [5.74, 6) is 0.373. The van der Waals surface area contributed by atoms with E-state index in [-0.39, 0.29) is 17.6 Å². The van der Waals surface area contributed by atoms with Crippen LogP contribution >= 0.6 is 22.9 Å². The van der Waals surface area contributed by atoms with Crippen molar-refractivity contribution in [3.05, 3.63) is 83.0 Å². The van der Waals surface area contributed by atoms with Gasteiger partial charge in [0.25, 0.3) is 0 Å². The minimum Gasteiger partial charge on any atom is -0.360 e. The standard InChI is InChI=1S/C30H26ClN3O2S/c31-22-6-3-5-18(14-22)4-1-2-7-27(35)24-17-32-25-12-10-20(15-23(24)25)21-11-13-26-28(16-21)37-30(33-26)34-29(36)19-8-9-19/h3,5-6,10-17,19,32H,1-2,4,7-9H2,(H,33,34,36). The third-order valence-corrected chi connectivity index (χ3v) is 8.06. The maximum Gasteiger partial charge on any atom is 0.229 e. The molecule has 5 nitrogen and oxygen atoms in total. The van der Waals surface area contributed by atoms with Crippen LogP contribution in [0.5, 0.6) is 0 Å². The third-order valence-electron chi connectivity index (χ3n) is 6.89. The quantitative estimate of drug-likeness (QED) is 0.150.